The second kappa shape index (κ2) is 5.10. The number of halogens is 1. The zero-order valence-electron chi connectivity index (χ0n) is 9.31. The SMILES string of the molecule is COc1ccc(N)c(Oc2cccc(Br)c2)c1. The molecule has 2 N–H and O–H groups in total. The number of nitrogen functional groups attached to an aromatic ring is 1. The summed E-state index contributed by atoms with van der Waals surface area (Å²) in [6, 6.07) is 12.9. The first-order valence-electron chi connectivity index (χ1n) is 5.06. The predicted octanol–water partition coefficient (Wildman–Crippen LogP) is 3.83. The Balaban J connectivity index is 2.29. The van der Waals surface area contributed by atoms with Crippen molar-refractivity contribution in [3.8, 4) is 17.2 Å². The van der Waals surface area contributed by atoms with E-state index in [9.17, 15) is 0 Å². The van der Waals surface area contributed by atoms with Crippen LogP contribution in [-0.4, -0.2) is 7.11 Å². The number of rotatable bonds is 3. The third kappa shape index (κ3) is 2.91. The predicted molar refractivity (Wildman–Crippen MR) is 71.6 cm³/mol. The summed E-state index contributed by atoms with van der Waals surface area (Å²) in [6.45, 7) is 0. The van der Waals surface area contributed by atoms with Crippen LogP contribution in [0.2, 0.25) is 0 Å². The fourth-order valence-electron chi connectivity index (χ4n) is 1.39. The molecule has 2 rings (SSSR count). The number of hydrogen-bond donors (Lipinski definition) is 1. The van der Waals surface area contributed by atoms with Gasteiger partial charge in [0.2, 0.25) is 0 Å². The van der Waals surface area contributed by atoms with Crippen LogP contribution in [0.3, 0.4) is 0 Å². The van der Waals surface area contributed by atoms with Crippen molar-refractivity contribution < 1.29 is 9.47 Å². The molecule has 0 unspecified atom stereocenters. The zero-order valence-corrected chi connectivity index (χ0v) is 10.9. The van der Waals surface area contributed by atoms with Crippen LogP contribution in [0, 0.1) is 0 Å². The van der Waals surface area contributed by atoms with E-state index in [0.717, 1.165) is 10.2 Å². The molecule has 0 radical (unpaired) electrons. The van der Waals surface area contributed by atoms with Gasteiger partial charge in [0, 0.05) is 10.5 Å². The van der Waals surface area contributed by atoms with E-state index >= 15 is 0 Å². The average molecular weight is 294 g/mol. The zero-order chi connectivity index (χ0) is 12.3. The molecule has 0 fully saturated rings. The highest BCUT2D eigenvalue weighted by Crippen LogP contribution is 2.31. The minimum absolute atomic E-state index is 0.575. The van der Waals surface area contributed by atoms with Gasteiger partial charge in [0.25, 0.3) is 0 Å². The van der Waals surface area contributed by atoms with Gasteiger partial charge < -0.3 is 15.2 Å². The van der Waals surface area contributed by atoms with Crippen LogP contribution in [0.25, 0.3) is 0 Å². The summed E-state index contributed by atoms with van der Waals surface area (Å²) in [5, 5.41) is 0. The Bertz CT molecular complexity index is 529. The largest absolute Gasteiger partial charge is 0.497 e. The van der Waals surface area contributed by atoms with Gasteiger partial charge in [-0.05, 0) is 30.3 Å². The number of nitrogens with two attached hydrogens (primary N) is 1. The summed E-state index contributed by atoms with van der Waals surface area (Å²) < 4.78 is 11.8. The van der Waals surface area contributed by atoms with Crippen LogP contribution in [0.4, 0.5) is 5.69 Å². The van der Waals surface area contributed by atoms with Crippen molar-refractivity contribution in [2.24, 2.45) is 0 Å². The second-order valence-corrected chi connectivity index (χ2v) is 4.38. The van der Waals surface area contributed by atoms with Crippen molar-refractivity contribution in [3.63, 3.8) is 0 Å². The molecule has 0 heterocycles. The molecule has 0 atom stereocenters. The Kier molecular flexibility index (Phi) is 3.54. The molecule has 0 saturated carbocycles. The molecule has 0 aliphatic rings. The topological polar surface area (TPSA) is 44.5 Å². The number of anilines is 1. The van der Waals surface area contributed by atoms with E-state index in [2.05, 4.69) is 15.9 Å². The summed E-state index contributed by atoms with van der Waals surface area (Å²) in [6.07, 6.45) is 0. The normalized spacial score (nSPS) is 10.0. The maximum absolute atomic E-state index is 5.84. The summed E-state index contributed by atoms with van der Waals surface area (Å²) in [5.74, 6) is 2.02. The second-order valence-electron chi connectivity index (χ2n) is 3.46. The van der Waals surface area contributed by atoms with Crippen molar-refractivity contribution in [1.29, 1.82) is 0 Å². The third-order valence-electron chi connectivity index (χ3n) is 2.24. The van der Waals surface area contributed by atoms with Gasteiger partial charge in [0.05, 0.1) is 12.8 Å². The number of ether oxygens (including phenoxy) is 2. The van der Waals surface area contributed by atoms with Crippen LogP contribution in [0.1, 0.15) is 0 Å². The Morgan fingerprint density at radius 2 is 1.88 bits per heavy atom. The van der Waals surface area contributed by atoms with Gasteiger partial charge in [0.1, 0.15) is 11.5 Å². The number of hydrogen-bond acceptors (Lipinski definition) is 3. The third-order valence-corrected chi connectivity index (χ3v) is 2.74. The van der Waals surface area contributed by atoms with E-state index in [-0.39, 0.29) is 0 Å². The summed E-state index contributed by atoms with van der Waals surface area (Å²) in [4.78, 5) is 0. The Morgan fingerprint density at radius 3 is 2.59 bits per heavy atom. The lowest BCUT2D eigenvalue weighted by atomic mass is 10.2. The molecule has 4 heteroatoms. The van der Waals surface area contributed by atoms with Gasteiger partial charge in [-0.15, -0.1) is 0 Å². The van der Waals surface area contributed by atoms with Gasteiger partial charge in [-0.2, -0.15) is 0 Å². The highest BCUT2D eigenvalue weighted by Gasteiger charge is 2.04. The minimum atomic E-state index is 0.575. The molecule has 0 saturated heterocycles. The Morgan fingerprint density at radius 1 is 1.06 bits per heavy atom. The summed E-state index contributed by atoms with van der Waals surface area (Å²) >= 11 is 3.39. The van der Waals surface area contributed by atoms with Crippen LogP contribution >= 0.6 is 15.9 Å². The summed E-state index contributed by atoms with van der Waals surface area (Å²) in [5.41, 5.74) is 6.41. The molecule has 0 aliphatic heterocycles. The summed E-state index contributed by atoms with van der Waals surface area (Å²) in [7, 11) is 1.61. The molecule has 0 aliphatic carbocycles. The number of methoxy groups -OCH3 is 1. The molecule has 0 bridgehead atoms. The van der Waals surface area contributed by atoms with Crippen LogP contribution in [-0.2, 0) is 0 Å². The van der Waals surface area contributed by atoms with Crippen molar-refractivity contribution in [1.82, 2.24) is 0 Å². The average Bonchev–Trinajstić information content (AvgIpc) is 2.32. The molecule has 2 aromatic rings. The lowest BCUT2D eigenvalue weighted by Crippen LogP contribution is -1.93. The van der Waals surface area contributed by atoms with Gasteiger partial charge in [-0.25, -0.2) is 0 Å². The number of benzene rings is 2. The minimum Gasteiger partial charge on any atom is -0.497 e. The van der Waals surface area contributed by atoms with E-state index in [4.69, 9.17) is 15.2 Å². The monoisotopic (exact) mass is 293 g/mol. The van der Waals surface area contributed by atoms with E-state index in [1.54, 1.807) is 25.3 Å². The van der Waals surface area contributed by atoms with Gasteiger partial charge in [-0.1, -0.05) is 22.0 Å². The van der Waals surface area contributed by atoms with Gasteiger partial charge in [0.15, 0.2) is 5.75 Å². The molecule has 0 amide bonds. The van der Waals surface area contributed by atoms with Crippen molar-refractivity contribution >= 4 is 21.6 Å². The molecule has 88 valence electrons. The Hall–Kier alpha value is -1.68. The highest BCUT2D eigenvalue weighted by atomic mass is 79.9. The molecular formula is C13H12BrNO2. The fourth-order valence-corrected chi connectivity index (χ4v) is 1.77. The molecular weight excluding hydrogens is 282 g/mol. The molecule has 0 spiro atoms. The van der Waals surface area contributed by atoms with Crippen molar-refractivity contribution in [3.05, 3.63) is 46.9 Å². The van der Waals surface area contributed by atoms with Gasteiger partial charge in [-0.3, -0.25) is 0 Å². The maximum Gasteiger partial charge on any atom is 0.153 e. The standard InChI is InChI=1S/C13H12BrNO2/c1-16-10-5-6-12(15)13(8-10)17-11-4-2-3-9(14)7-11/h2-8H,15H2,1H3. The van der Waals surface area contributed by atoms with Crippen LogP contribution in [0.5, 0.6) is 17.2 Å². The highest BCUT2D eigenvalue weighted by molar-refractivity contribution is 9.10. The molecule has 0 aromatic heterocycles. The molecule has 17 heavy (non-hydrogen) atoms. The van der Waals surface area contributed by atoms with E-state index in [0.29, 0.717) is 17.2 Å². The van der Waals surface area contributed by atoms with E-state index in [1.807, 2.05) is 24.3 Å². The smallest absolute Gasteiger partial charge is 0.153 e. The maximum atomic E-state index is 5.84. The quantitative estimate of drug-likeness (QED) is 0.875. The first-order valence-corrected chi connectivity index (χ1v) is 5.85. The van der Waals surface area contributed by atoms with Crippen LogP contribution < -0.4 is 15.2 Å². The Labute approximate surface area is 108 Å². The first kappa shape index (κ1) is 11.8. The first-order chi connectivity index (χ1) is 8.19. The molecule has 3 nitrogen and oxygen atoms in total. The van der Waals surface area contributed by atoms with Gasteiger partial charge >= 0.3 is 0 Å². The van der Waals surface area contributed by atoms with E-state index < -0.39 is 0 Å². The lowest BCUT2D eigenvalue weighted by molar-refractivity contribution is 0.409. The van der Waals surface area contributed by atoms with E-state index in [1.165, 1.54) is 0 Å². The van der Waals surface area contributed by atoms with Crippen molar-refractivity contribution in [2.75, 3.05) is 12.8 Å². The molecule has 2 aromatic carbocycles. The fraction of sp³-hybridized carbons (Fsp3) is 0.0769. The van der Waals surface area contributed by atoms with Crippen molar-refractivity contribution in [2.45, 2.75) is 0 Å². The van der Waals surface area contributed by atoms with Crippen LogP contribution in [0.15, 0.2) is 46.9 Å². The lowest BCUT2D eigenvalue weighted by Gasteiger charge is -2.10.